The van der Waals surface area contributed by atoms with Gasteiger partial charge >= 0.3 is 0 Å². The topological polar surface area (TPSA) is 55.1 Å². The van der Waals surface area contributed by atoms with Crippen LogP contribution in [0.25, 0.3) is 0 Å². The van der Waals surface area contributed by atoms with Crippen molar-refractivity contribution >= 4 is 17.2 Å². The van der Waals surface area contributed by atoms with Gasteiger partial charge in [0.05, 0.1) is 17.0 Å². The summed E-state index contributed by atoms with van der Waals surface area (Å²) in [7, 11) is 0. The van der Waals surface area contributed by atoms with Crippen LogP contribution >= 0.6 is 11.3 Å². The number of nitrogens with one attached hydrogen (secondary N) is 1. The van der Waals surface area contributed by atoms with Gasteiger partial charge < -0.3 is 11.1 Å². The molecule has 0 aromatic carbocycles. The molecule has 1 aromatic rings. The number of amides is 1. The van der Waals surface area contributed by atoms with Gasteiger partial charge in [-0.1, -0.05) is 38.5 Å². The van der Waals surface area contributed by atoms with E-state index >= 15 is 0 Å². The molecule has 1 aromatic heterocycles. The van der Waals surface area contributed by atoms with Gasteiger partial charge in [0.25, 0.3) is 5.91 Å². The van der Waals surface area contributed by atoms with Crippen molar-refractivity contribution in [3.05, 3.63) is 21.9 Å². The Morgan fingerprint density at radius 2 is 2.30 bits per heavy atom. The van der Waals surface area contributed by atoms with Gasteiger partial charge in [-0.2, -0.15) is 0 Å². The van der Waals surface area contributed by atoms with E-state index in [0.717, 1.165) is 11.3 Å². The molecule has 3 atom stereocenters. The summed E-state index contributed by atoms with van der Waals surface area (Å²) in [6.07, 6.45) is 3.55. The normalized spacial score (nSPS) is 25.6. The van der Waals surface area contributed by atoms with Crippen molar-refractivity contribution < 1.29 is 4.79 Å². The predicted octanol–water partition coefficient (Wildman–Crippen LogP) is 2.61. The minimum absolute atomic E-state index is 0.0213. The van der Waals surface area contributed by atoms with Crippen LogP contribution in [0, 0.1) is 23.7 Å². The fourth-order valence-corrected chi connectivity index (χ4v) is 3.45. The van der Waals surface area contributed by atoms with Crippen LogP contribution in [0.2, 0.25) is 0 Å². The first kappa shape index (κ1) is 15.1. The molecule has 0 spiro atoms. The summed E-state index contributed by atoms with van der Waals surface area (Å²) in [4.78, 5) is 13.2. The highest BCUT2D eigenvalue weighted by molar-refractivity contribution is 7.10. The van der Waals surface area contributed by atoms with Crippen molar-refractivity contribution in [1.29, 1.82) is 0 Å². The smallest absolute Gasteiger partial charge is 0.252 e. The van der Waals surface area contributed by atoms with Gasteiger partial charge in [0, 0.05) is 11.4 Å². The maximum atomic E-state index is 12.3. The van der Waals surface area contributed by atoms with Gasteiger partial charge in [0.15, 0.2) is 0 Å². The third-order valence-corrected chi connectivity index (χ3v) is 5.04. The molecular weight excluding hydrogens is 268 g/mol. The van der Waals surface area contributed by atoms with Crippen molar-refractivity contribution in [2.75, 3.05) is 6.54 Å². The molecule has 3 unspecified atom stereocenters. The van der Waals surface area contributed by atoms with E-state index in [2.05, 4.69) is 31.0 Å². The molecule has 20 heavy (non-hydrogen) atoms. The highest BCUT2D eigenvalue weighted by atomic mass is 32.1. The lowest BCUT2D eigenvalue weighted by atomic mass is 9.78. The molecule has 4 heteroatoms. The molecule has 0 radical (unpaired) electrons. The quantitative estimate of drug-likeness (QED) is 0.823. The molecule has 0 aliphatic heterocycles. The Balaban J connectivity index is 1.99. The first-order valence-corrected chi connectivity index (χ1v) is 8.08. The summed E-state index contributed by atoms with van der Waals surface area (Å²) < 4.78 is 0. The lowest BCUT2D eigenvalue weighted by molar-refractivity contribution is 0.0891. The van der Waals surface area contributed by atoms with E-state index in [9.17, 15) is 4.79 Å². The zero-order valence-electron chi connectivity index (χ0n) is 12.1. The first-order chi connectivity index (χ1) is 9.61. The number of carbonyl (C=O) groups is 1. The van der Waals surface area contributed by atoms with Crippen molar-refractivity contribution in [1.82, 2.24) is 5.32 Å². The molecule has 1 amide bonds. The summed E-state index contributed by atoms with van der Waals surface area (Å²) in [5.74, 6) is 7.02. The zero-order valence-corrected chi connectivity index (χ0v) is 12.9. The van der Waals surface area contributed by atoms with Gasteiger partial charge in [0.2, 0.25) is 0 Å². The summed E-state index contributed by atoms with van der Waals surface area (Å²) in [6, 6.07) is 2.14. The molecule has 0 saturated heterocycles. The minimum atomic E-state index is 0.0213. The van der Waals surface area contributed by atoms with Crippen LogP contribution in [0.15, 0.2) is 11.4 Å². The van der Waals surface area contributed by atoms with E-state index in [0.29, 0.717) is 30.0 Å². The van der Waals surface area contributed by atoms with Crippen molar-refractivity contribution in [3.8, 4) is 11.8 Å². The fraction of sp³-hybridized carbons (Fsp3) is 0.562. The number of hydrogen-bond acceptors (Lipinski definition) is 3. The van der Waals surface area contributed by atoms with E-state index in [1.165, 1.54) is 24.2 Å². The Labute approximate surface area is 124 Å². The molecule has 3 N–H and O–H groups in total. The molecule has 3 nitrogen and oxygen atoms in total. The second-order valence-electron chi connectivity index (χ2n) is 5.55. The van der Waals surface area contributed by atoms with Crippen LogP contribution < -0.4 is 11.1 Å². The lowest BCUT2D eigenvalue weighted by Gasteiger charge is -2.34. The SMILES string of the molecule is CC1CCCC(NC(=O)c2csc(C#CCN)c2)C1C. The van der Waals surface area contributed by atoms with Gasteiger partial charge in [-0.25, -0.2) is 0 Å². The Hall–Kier alpha value is -1.31. The average Bonchev–Trinajstić information content (AvgIpc) is 2.90. The summed E-state index contributed by atoms with van der Waals surface area (Å²) in [5, 5.41) is 5.05. The maximum Gasteiger partial charge on any atom is 0.252 e. The number of thiophene rings is 1. The second-order valence-corrected chi connectivity index (χ2v) is 6.46. The number of carbonyl (C=O) groups excluding carboxylic acids is 1. The number of hydrogen-bond donors (Lipinski definition) is 2. The third kappa shape index (κ3) is 3.62. The molecular formula is C16H22N2OS. The molecule has 0 bridgehead atoms. The highest BCUT2D eigenvalue weighted by Gasteiger charge is 2.28. The standard InChI is InChI=1S/C16H22N2OS/c1-11-5-3-7-15(12(11)2)18-16(19)13-9-14(20-10-13)6-4-8-17/h9-12,15H,3,5,7-8,17H2,1-2H3,(H,18,19). The molecule has 1 aliphatic rings. The predicted molar refractivity (Wildman–Crippen MR) is 83.7 cm³/mol. The lowest BCUT2D eigenvalue weighted by Crippen LogP contribution is -2.43. The molecule has 1 heterocycles. The van der Waals surface area contributed by atoms with Gasteiger partial charge in [-0.05, 0) is 24.3 Å². The van der Waals surface area contributed by atoms with Crippen molar-refractivity contribution in [2.24, 2.45) is 17.6 Å². The van der Waals surface area contributed by atoms with Crippen LogP contribution in [0.1, 0.15) is 48.3 Å². The second kappa shape index (κ2) is 6.92. The first-order valence-electron chi connectivity index (χ1n) is 7.20. The zero-order chi connectivity index (χ0) is 14.5. The van der Waals surface area contributed by atoms with Gasteiger partial charge in [-0.3, -0.25) is 4.79 Å². The third-order valence-electron chi connectivity index (χ3n) is 4.20. The van der Waals surface area contributed by atoms with E-state index < -0.39 is 0 Å². The van der Waals surface area contributed by atoms with Crippen molar-refractivity contribution in [3.63, 3.8) is 0 Å². The van der Waals surface area contributed by atoms with Crippen LogP contribution in [0.4, 0.5) is 0 Å². The minimum Gasteiger partial charge on any atom is -0.349 e. The average molecular weight is 290 g/mol. The Morgan fingerprint density at radius 1 is 1.50 bits per heavy atom. The van der Waals surface area contributed by atoms with E-state index in [4.69, 9.17) is 5.73 Å². The maximum absolute atomic E-state index is 12.3. The summed E-state index contributed by atoms with van der Waals surface area (Å²) >= 11 is 1.49. The highest BCUT2D eigenvalue weighted by Crippen LogP contribution is 2.29. The number of nitrogens with two attached hydrogens (primary N) is 1. The summed E-state index contributed by atoms with van der Waals surface area (Å²) in [6.45, 7) is 4.85. The Kier molecular flexibility index (Phi) is 5.22. The molecule has 1 saturated carbocycles. The van der Waals surface area contributed by atoms with Crippen LogP contribution in [0.3, 0.4) is 0 Å². The van der Waals surface area contributed by atoms with Crippen molar-refractivity contribution in [2.45, 2.75) is 39.2 Å². The molecule has 108 valence electrons. The van der Waals surface area contributed by atoms with E-state index in [1.807, 2.05) is 11.4 Å². The molecule has 2 rings (SSSR count). The fourth-order valence-electron chi connectivity index (χ4n) is 2.70. The van der Waals surface area contributed by atoms with E-state index in [1.54, 1.807) is 0 Å². The Morgan fingerprint density at radius 3 is 3.05 bits per heavy atom. The monoisotopic (exact) mass is 290 g/mol. The molecule has 1 aliphatic carbocycles. The van der Waals surface area contributed by atoms with Gasteiger partial charge in [0.1, 0.15) is 0 Å². The van der Waals surface area contributed by atoms with Crippen LogP contribution in [-0.4, -0.2) is 18.5 Å². The molecule has 1 fully saturated rings. The van der Waals surface area contributed by atoms with Crippen LogP contribution in [-0.2, 0) is 0 Å². The Bertz CT molecular complexity index is 526. The van der Waals surface area contributed by atoms with E-state index in [-0.39, 0.29) is 5.91 Å². The largest absolute Gasteiger partial charge is 0.349 e. The van der Waals surface area contributed by atoms with Gasteiger partial charge in [-0.15, -0.1) is 11.3 Å². The number of rotatable bonds is 2. The summed E-state index contributed by atoms with van der Waals surface area (Å²) in [5.41, 5.74) is 6.06. The van der Waals surface area contributed by atoms with Crippen LogP contribution in [0.5, 0.6) is 0 Å².